The smallest absolute Gasteiger partial charge is 0.287 e. The van der Waals surface area contributed by atoms with Gasteiger partial charge in [-0.15, -0.1) is 0 Å². The normalized spacial score (nSPS) is 10.7. The van der Waals surface area contributed by atoms with Crippen molar-refractivity contribution in [3.05, 3.63) is 64.7 Å². The van der Waals surface area contributed by atoms with Gasteiger partial charge in [-0.1, -0.05) is 30.7 Å². The Hall–Kier alpha value is -2.86. The largest absolute Gasteiger partial charge is 0.349 e. The van der Waals surface area contributed by atoms with Crippen LogP contribution < -0.4 is 10.6 Å². The molecule has 0 saturated carbocycles. The number of amides is 2. The van der Waals surface area contributed by atoms with Gasteiger partial charge in [0.05, 0.1) is 5.52 Å². The third-order valence-electron chi connectivity index (χ3n) is 4.02. The lowest BCUT2D eigenvalue weighted by atomic mass is 10.2. The molecule has 7 heteroatoms. The van der Waals surface area contributed by atoms with Crippen LogP contribution in [-0.4, -0.2) is 27.7 Å². The summed E-state index contributed by atoms with van der Waals surface area (Å²) in [5.41, 5.74) is 2.13. The number of nitrogens with one attached hydrogen (secondary N) is 2. The summed E-state index contributed by atoms with van der Waals surface area (Å²) in [4.78, 5) is 29.4. The van der Waals surface area contributed by atoms with E-state index in [4.69, 9.17) is 11.6 Å². The Morgan fingerprint density at radius 3 is 2.73 bits per heavy atom. The van der Waals surface area contributed by atoms with E-state index < -0.39 is 5.91 Å². The highest BCUT2D eigenvalue weighted by atomic mass is 35.5. The van der Waals surface area contributed by atoms with Crippen LogP contribution in [0.5, 0.6) is 0 Å². The number of hydrogen-bond acceptors (Lipinski definition) is 3. The molecule has 0 aliphatic carbocycles. The quantitative estimate of drug-likeness (QED) is 0.719. The Morgan fingerprint density at radius 1 is 1.15 bits per heavy atom. The summed E-state index contributed by atoms with van der Waals surface area (Å²) in [6.45, 7) is 4.34. The van der Waals surface area contributed by atoms with Crippen molar-refractivity contribution >= 4 is 34.6 Å². The van der Waals surface area contributed by atoms with Gasteiger partial charge in [-0.2, -0.15) is 0 Å². The number of carbonyl (C=O) groups excluding carboxylic acids is 2. The van der Waals surface area contributed by atoms with Crippen molar-refractivity contribution in [3.8, 4) is 0 Å². The Kier molecular flexibility index (Phi) is 5.23. The second-order valence-electron chi connectivity index (χ2n) is 5.86. The van der Waals surface area contributed by atoms with Gasteiger partial charge in [0.25, 0.3) is 11.8 Å². The first-order valence-corrected chi connectivity index (χ1v) is 8.72. The Morgan fingerprint density at radius 2 is 1.96 bits per heavy atom. The van der Waals surface area contributed by atoms with Crippen LogP contribution in [-0.2, 0) is 0 Å². The number of aromatic nitrogens is 2. The number of pyridine rings is 1. The number of anilines is 1. The average molecular weight is 371 g/mol. The number of nitrogens with zero attached hydrogens (tertiary/aromatic N) is 2. The number of fused-ring (bicyclic) bond motifs is 1. The third-order valence-corrected chi connectivity index (χ3v) is 4.43. The molecule has 2 N–H and O–H groups in total. The van der Waals surface area contributed by atoms with E-state index in [1.165, 1.54) is 0 Å². The maximum atomic E-state index is 12.8. The van der Waals surface area contributed by atoms with Gasteiger partial charge in [0.2, 0.25) is 5.82 Å². The molecule has 1 aromatic carbocycles. The van der Waals surface area contributed by atoms with Crippen LogP contribution in [0.1, 0.15) is 40.0 Å². The standard InChI is InChI=1S/C19H19ClN4O2/c1-3-10-21-19(26)17-23-16(15-9-4-5-11-24(15)17)18(25)22-14-8-6-7-13(20)12(14)2/h4-9,11H,3,10H2,1-2H3,(H,21,26)(H,22,25). The minimum atomic E-state index is -0.395. The van der Waals surface area contributed by atoms with Gasteiger partial charge in [0.15, 0.2) is 5.69 Å². The number of carbonyl (C=O) groups is 2. The number of imidazole rings is 1. The zero-order valence-electron chi connectivity index (χ0n) is 14.5. The predicted molar refractivity (Wildman–Crippen MR) is 102 cm³/mol. The molecule has 2 heterocycles. The van der Waals surface area contributed by atoms with E-state index in [9.17, 15) is 9.59 Å². The molecule has 3 aromatic rings. The minimum Gasteiger partial charge on any atom is -0.349 e. The van der Waals surface area contributed by atoms with E-state index in [0.29, 0.717) is 22.8 Å². The fraction of sp³-hybridized carbons (Fsp3) is 0.211. The van der Waals surface area contributed by atoms with Crippen LogP contribution >= 0.6 is 11.6 Å². The molecule has 0 unspecified atom stereocenters. The second kappa shape index (κ2) is 7.58. The Labute approximate surface area is 156 Å². The van der Waals surface area contributed by atoms with Gasteiger partial charge >= 0.3 is 0 Å². The van der Waals surface area contributed by atoms with E-state index in [-0.39, 0.29) is 17.4 Å². The maximum absolute atomic E-state index is 12.8. The van der Waals surface area contributed by atoms with Crippen molar-refractivity contribution in [1.82, 2.24) is 14.7 Å². The monoisotopic (exact) mass is 370 g/mol. The molecule has 0 bridgehead atoms. The third kappa shape index (κ3) is 3.41. The molecule has 26 heavy (non-hydrogen) atoms. The van der Waals surface area contributed by atoms with E-state index >= 15 is 0 Å². The molecule has 0 aliphatic heterocycles. The van der Waals surface area contributed by atoms with Gasteiger partial charge in [-0.25, -0.2) is 4.98 Å². The van der Waals surface area contributed by atoms with E-state index in [2.05, 4.69) is 15.6 Å². The highest BCUT2D eigenvalue weighted by Crippen LogP contribution is 2.24. The van der Waals surface area contributed by atoms with Gasteiger partial charge in [0, 0.05) is 23.5 Å². The molecule has 3 rings (SSSR count). The van der Waals surface area contributed by atoms with E-state index in [1.54, 1.807) is 47.0 Å². The van der Waals surface area contributed by atoms with Crippen molar-refractivity contribution in [2.45, 2.75) is 20.3 Å². The molecule has 0 saturated heterocycles. The highest BCUT2D eigenvalue weighted by molar-refractivity contribution is 6.31. The van der Waals surface area contributed by atoms with Crippen LogP contribution in [0, 0.1) is 6.92 Å². The lowest BCUT2D eigenvalue weighted by Crippen LogP contribution is -2.26. The lowest BCUT2D eigenvalue weighted by molar-refractivity contribution is 0.0942. The van der Waals surface area contributed by atoms with Gasteiger partial charge in [-0.05, 0) is 43.2 Å². The molecule has 0 spiro atoms. The molecule has 0 radical (unpaired) electrons. The zero-order valence-corrected chi connectivity index (χ0v) is 15.3. The first-order valence-electron chi connectivity index (χ1n) is 8.34. The highest BCUT2D eigenvalue weighted by Gasteiger charge is 2.21. The van der Waals surface area contributed by atoms with E-state index in [1.807, 2.05) is 13.8 Å². The second-order valence-corrected chi connectivity index (χ2v) is 6.27. The Balaban J connectivity index is 1.98. The molecule has 0 aliphatic rings. The van der Waals surface area contributed by atoms with Crippen LogP contribution in [0.3, 0.4) is 0 Å². The van der Waals surface area contributed by atoms with Crippen molar-refractivity contribution in [3.63, 3.8) is 0 Å². The molecule has 0 atom stereocenters. The number of rotatable bonds is 5. The maximum Gasteiger partial charge on any atom is 0.287 e. The molecule has 0 fully saturated rings. The summed E-state index contributed by atoms with van der Waals surface area (Å²) >= 11 is 6.11. The summed E-state index contributed by atoms with van der Waals surface area (Å²) in [5, 5.41) is 6.18. The molecular weight excluding hydrogens is 352 g/mol. The van der Waals surface area contributed by atoms with Crippen molar-refractivity contribution in [2.24, 2.45) is 0 Å². The van der Waals surface area contributed by atoms with Crippen LogP contribution in [0.15, 0.2) is 42.6 Å². The average Bonchev–Trinajstić information content (AvgIpc) is 3.03. The van der Waals surface area contributed by atoms with E-state index in [0.717, 1.165) is 12.0 Å². The summed E-state index contributed by atoms with van der Waals surface area (Å²) in [5.74, 6) is -0.526. The minimum absolute atomic E-state index is 0.182. The van der Waals surface area contributed by atoms with Crippen molar-refractivity contribution < 1.29 is 9.59 Å². The first kappa shape index (κ1) is 17.9. The first-order chi connectivity index (χ1) is 12.5. The van der Waals surface area contributed by atoms with Crippen LogP contribution in [0.2, 0.25) is 5.02 Å². The summed E-state index contributed by atoms with van der Waals surface area (Å²) < 4.78 is 1.62. The Bertz CT molecular complexity index is 981. The lowest BCUT2D eigenvalue weighted by Gasteiger charge is -2.08. The number of halogens is 1. The summed E-state index contributed by atoms with van der Waals surface area (Å²) in [6.07, 6.45) is 2.53. The topological polar surface area (TPSA) is 75.5 Å². The fourth-order valence-corrected chi connectivity index (χ4v) is 2.78. The number of hydrogen-bond donors (Lipinski definition) is 2. The molecule has 2 amide bonds. The van der Waals surface area contributed by atoms with Crippen LogP contribution in [0.4, 0.5) is 5.69 Å². The van der Waals surface area contributed by atoms with Gasteiger partial charge in [-0.3, -0.25) is 14.0 Å². The summed E-state index contributed by atoms with van der Waals surface area (Å²) in [7, 11) is 0. The van der Waals surface area contributed by atoms with Crippen LogP contribution in [0.25, 0.3) is 5.52 Å². The SMILES string of the molecule is CCCNC(=O)c1nc(C(=O)Nc2cccc(Cl)c2C)c2ccccn12. The number of benzene rings is 1. The molecule has 6 nitrogen and oxygen atoms in total. The molecular formula is C19H19ClN4O2. The molecule has 134 valence electrons. The summed E-state index contributed by atoms with van der Waals surface area (Å²) in [6, 6.07) is 10.6. The van der Waals surface area contributed by atoms with Gasteiger partial charge < -0.3 is 10.6 Å². The van der Waals surface area contributed by atoms with Crippen molar-refractivity contribution in [2.75, 3.05) is 11.9 Å². The van der Waals surface area contributed by atoms with Gasteiger partial charge in [0.1, 0.15) is 0 Å². The molecule has 2 aromatic heterocycles. The van der Waals surface area contributed by atoms with Crippen molar-refractivity contribution in [1.29, 1.82) is 0 Å². The zero-order chi connectivity index (χ0) is 18.7. The predicted octanol–water partition coefficient (Wildman–Crippen LogP) is 3.69. The fourth-order valence-electron chi connectivity index (χ4n) is 2.61.